The topological polar surface area (TPSA) is 57.5 Å². The van der Waals surface area contributed by atoms with E-state index in [0.29, 0.717) is 0 Å². The van der Waals surface area contributed by atoms with Crippen LogP contribution in [0.5, 0.6) is 0 Å². The third-order valence-corrected chi connectivity index (χ3v) is 2.10. The van der Waals surface area contributed by atoms with Gasteiger partial charge in [-0.2, -0.15) is 0 Å². The van der Waals surface area contributed by atoms with Gasteiger partial charge in [0.15, 0.2) is 0 Å². The van der Waals surface area contributed by atoms with Gasteiger partial charge in [-0.05, 0) is 12.1 Å². The summed E-state index contributed by atoms with van der Waals surface area (Å²) in [5.74, 6) is -0.0516. The van der Waals surface area contributed by atoms with Crippen LogP contribution in [0.15, 0.2) is 35.2 Å². The van der Waals surface area contributed by atoms with E-state index in [-0.39, 0.29) is 6.61 Å². The van der Waals surface area contributed by atoms with Gasteiger partial charge in [-0.3, -0.25) is 4.79 Å². The summed E-state index contributed by atoms with van der Waals surface area (Å²) in [4.78, 5) is 10.2. The van der Waals surface area contributed by atoms with Gasteiger partial charge in [0, 0.05) is 17.6 Å². The quantitative estimate of drug-likeness (QED) is 0.754. The lowest BCUT2D eigenvalue weighted by Gasteiger charge is -1.95. The van der Waals surface area contributed by atoms with Crippen molar-refractivity contribution in [3.05, 3.63) is 30.3 Å². The van der Waals surface area contributed by atoms with Gasteiger partial charge in [-0.1, -0.05) is 18.2 Å². The SMILES string of the molecule is CC(=O)O.OCCSc1ccccc1. The number of hydrogen-bond donors (Lipinski definition) is 2. The third kappa shape index (κ3) is 9.09. The summed E-state index contributed by atoms with van der Waals surface area (Å²) >= 11 is 1.67. The molecule has 14 heavy (non-hydrogen) atoms. The second-order valence-corrected chi connectivity index (χ2v) is 3.57. The van der Waals surface area contributed by atoms with Crippen LogP contribution in [0.2, 0.25) is 0 Å². The standard InChI is InChI=1S/C8H10OS.C2H4O2/c9-6-7-10-8-4-2-1-3-5-8;1-2(3)4/h1-5,9H,6-7H2;1H3,(H,3,4). The summed E-state index contributed by atoms with van der Waals surface area (Å²) in [6.07, 6.45) is 0. The average molecular weight is 214 g/mol. The van der Waals surface area contributed by atoms with Crippen molar-refractivity contribution < 1.29 is 15.0 Å². The first-order valence-corrected chi connectivity index (χ1v) is 5.13. The summed E-state index contributed by atoms with van der Waals surface area (Å²) in [5, 5.41) is 15.9. The number of rotatable bonds is 3. The molecule has 0 aliphatic heterocycles. The minimum absolute atomic E-state index is 0.250. The van der Waals surface area contributed by atoms with Gasteiger partial charge in [0.2, 0.25) is 0 Å². The highest BCUT2D eigenvalue weighted by Gasteiger charge is 1.88. The van der Waals surface area contributed by atoms with Gasteiger partial charge >= 0.3 is 0 Å². The van der Waals surface area contributed by atoms with E-state index in [1.165, 1.54) is 4.90 Å². The van der Waals surface area contributed by atoms with Gasteiger partial charge in [0.25, 0.3) is 5.97 Å². The number of benzene rings is 1. The van der Waals surface area contributed by atoms with E-state index < -0.39 is 5.97 Å². The molecule has 1 aromatic rings. The first kappa shape index (κ1) is 13.0. The van der Waals surface area contributed by atoms with Crippen molar-refractivity contribution in [2.45, 2.75) is 11.8 Å². The number of thioether (sulfide) groups is 1. The van der Waals surface area contributed by atoms with Crippen molar-refractivity contribution in [3.63, 3.8) is 0 Å². The summed E-state index contributed by atoms with van der Waals surface area (Å²) in [6.45, 7) is 1.33. The van der Waals surface area contributed by atoms with Gasteiger partial charge in [-0.15, -0.1) is 11.8 Å². The molecule has 0 heterocycles. The van der Waals surface area contributed by atoms with Crippen molar-refractivity contribution in [3.8, 4) is 0 Å². The Morgan fingerprint density at radius 2 is 1.86 bits per heavy atom. The van der Waals surface area contributed by atoms with E-state index in [4.69, 9.17) is 15.0 Å². The largest absolute Gasteiger partial charge is 0.481 e. The molecule has 0 aliphatic carbocycles. The number of aliphatic carboxylic acids is 1. The van der Waals surface area contributed by atoms with Crippen molar-refractivity contribution in [1.29, 1.82) is 0 Å². The summed E-state index contributed by atoms with van der Waals surface area (Å²) in [5.41, 5.74) is 0. The summed E-state index contributed by atoms with van der Waals surface area (Å²) in [7, 11) is 0. The predicted molar refractivity (Wildman–Crippen MR) is 57.6 cm³/mol. The fourth-order valence-electron chi connectivity index (χ4n) is 0.680. The highest BCUT2D eigenvalue weighted by molar-refractivity contribution is 7.99. The van der Waals surface area contributed by atoms with E-state index in [1.54, 1.807) is 11.8 Å². The molecule has 0 aromatic heterocycles. The Balaban J connectivity index is 0.000000364. The molecule has 0 radical (unpaired) electrons. The molecule has 0 amide bonds. The third-order valence-electron chi connectivity index (χ3n) is 1.10. The molecule has 3 nitrogen and oxygen atoms in total. The molecule has 0 spiro atoms. The van der Waals surface area contributed by atoms with Crippen molar-refractivity contribution >= 4 is 17.7 Å². The Morgan fingerprint density at radius 1 is 1.36 bits per heavy atom. The molecule has 1 aromatic carbocycles. The molecule has 0 fully saturated rings. The lowest BCUT2D eigenvalue weighted by atomic mass is 10.4. The van der Waals surface area contributed by atoms with Crippen LogP contribution < -0.4 is 0 Å². The molecule has 1 rings (SSSR count). The Morgan fingerprint density at radius 3 is 2.29 bits per heavy atom. The molecular weight excluding hydrogens is 200 g/mol. The van der Waals surface area contributed by atoms with Crippen LogP contribution in [-0.4, -0.2) is 28.5 Å². The maximum absolute atomic E-state index is 9.00. The van der Waals surface area contributed by atoms with Gasteiger partial charge < -0.3 is 10.2 Å². The van der Waals surface area contributed by atoms with E-state index in [9.17, 15) is 0 Å². The van der Waals surface area contributed by atoms with E-state index in [0.717, 1.165) is 12.7 Å². The first-order valence-electron chi connectivity index (χ1n) is 4.15. The minimum Gasteiger partial charge on any atom is -0.481 e. The zero-order valence-corrected chi connectivity index (χ0v) is 8.83. The lowest BCUT2D eigenvalue weighted by molar-refractivity contribution is -0.134. The Hall–Kier alpha value is -1.00. The summed E-state index contributed by atoms with van der Waals surface area (Å²) < 4.78 is 0. The molecular formula is C10H14O3S. The monoisotopic (exact) mass is 214 g/mol. The van der Waals surface area contributed by atoms with Crippen LogP contribution in [0.1, 0.15) is 6.92 Å². The second-order valence-electron chi connectivity index (χ2n) is 2.40. The molecule has 78 valence electrons. The second kappa shape index (κ2) is 8.59. The zero-order chi connectivity index (χ0) is 10.8. The highest BCUT2D eigenvalue weighted by atomic mass is 32.2. The molecule has 4 heteroatoms. The van der Waals surface area contributed by atoms with Crippen LogP contribution in [-0.2, 0) is 4.79 Å². The van der Waals surface area contributed by atoms with Crippen LogP contribution in [0, 0.1) is 0 Å². The minimum atomic E-state index is -0.833. The van der Waals surface area contributed by atoms with E-state index in [2.05, 4.69) is 0 Å². The highest BCUT2D eigenvalue weighted by Crippen LogP contribution is 2.15. The van der Waals surface area contributed by atoms with Crippen molar-refractivity contribution in [2.75, 3.05) is 12.4 Å². The molecule has 0 saturated carbocycles. The fourth-order valence-corrected chi connectivity index (χ4v) is 1.36. The molecule has 2 N–H and O–H groups in total. The van der Waals surface area contributed by atoms with Gasteiger partial charge in [0.1, 0.15) is 0 Å². The molecule has 0 unspecified atom stereocenters. The number of hydrogen-bond acceptors (Lipinski definition) is 3. The molecule has 0 aliphatic rings. The zero-order valence-electron chi connectivity index (χ0n) is 8.01. The Labute approximate surface area is 87.8 Å². The predicted octanol–water partition coefficient (Wildman–Crippen LogP) is 1.86. The maximum atomic E-state index is 9.00. The number of carbonyl (C=O) groups is 1. The van der Waals surface area contributed by atoms with Crippen molar-refractivity contribution in [2.24, 2.45) is 0 Å². The van der Waals surface area contributed by atoms with Crippen LogP contribution in [0.4, 0.5) is 0 Å². The fraction of sp³-hybridized carbons (Fsp3) is 0.300. The number of carboxylic acids is 1. The number of carboxylic acid groups (broad SMARTS) is 1. The molecule has 0 saturated heterocycles. The Kier molecular flexibility index (Phi) is 7.98. The normalized spacial score (nSPS) is 8.71. The Bertz CT molecular complexity index is 245. The summed E-state index contributed by atoms with van der Waals surface area (Å²) in [6, 6.07) is 10.1. The van der Waals surface area contributed by atoms with Crippen LogP contribution >= 0.6 is 11.8 Å². The first-order chi connectivity index (χ1) is 6.66. The number of aliphatic hydroxyl groups is 1. The van der Waals surface area contributed by atoms with Crippen LogP contribution in [0.3, 0.4) is 0 Å². The van der Waals surface area contributed by atoms with E-state index >= 15 is 0 Å². The van der Waals surface area contributed by atoms with Gasteiger partial charge in [0.05, 0.1) is 6.61 Å². The van der Waals surface area contributed by atoms with Gasteiger partial charge in [-0.25, -0.2) is 0 Å². The lowest BCUT2D eigenvalue weighted by Crippen LogP contribution is -1.84. The van der Waals surface area contributed by atoms with Crippen molar-refractivity contribution in [1.82, 2.24) is 0 Å². The average Bonchev–Trinajstić information content (AvgIpc) is 2.15. The molecule has 0 atom stereocenters. The van der Waals surface area contributed by atoms with Crippen LogP contribution in [0.25, 0.3) is 0 Å². The van der Waals surface area contributed by atoms with E-state index in [1.807, 2.05) is 30.3 Å². The molecule has 0 bridgehead atoms. The number of aliphatic hydroxyl groups excluding tert-OH is 1. The smallest absolute Gasteiger partial charge is 0.300 e. The maximum Gasteiger partial charge on any atom is 0.300 e.